The Morgan fingerprint density at radius 1 is 1.36 bits per heavy atom. The number of tetrazole rings is 1. The van der Waals surface area contributed by atoms with Gasteiger partial charge in [0.2, 0.25) is 11.8 Å². The van der Waals surface area contributed by atoms with Gasteiger partial charge >= 0.3 is 0 Å². The number of aromatic nitrogens is 4. The Balaban J connectivity index is 2.44. The van der Waals surface area contributed by atoms with Crippen molar-refractivity contribution in [2.75, 3.05) is 13.6 Å². The molecule has 0 saturated heterocycles. The number of carbonyl (C=O) groups is 2. The summed E-state index contributed by atoms with van der Waals surface area (Å²) in [5.41, 5.74) is 0. The average molecular weight is 310 g/mol. The van der Waals surface area contributed by atoms with E-state index in [1.165, 1.54) is 11.1 Å². The Labute approximate surface area is 131 Å². The SMILES string of the molecule is CCCC(=O)N(C)CCC(NC(=O)Cn1ncnn1)C(C)C. The molecule has 0 fully saturated rings. The number of amides is 2. The van der Waals surface area contributed by atoms with E-state index in [0.29, 0.717) is 13.0 Å². The molecule has 2 amide bonds. The van der Waals surface area contributed by atoms with Crippen LogP contribution in [0.1, 0.15) is 40.0 Å². The zero-order valence-corrected chi connectivity index (χ0v) is 13.8. The minimum absolute atomic E-state index is 0.00731. The highest BCUT2D eigenvalue weighted by molar-refractivity contribution is 5.76. The van der Waals surface area contributed by atoms with Gasteiger partial charge in [-0.05, 0) is 24.0 Å². The summed E-state index contributed by atoms with van der Waals surface area (Å²) in [6.07, 6.45) is 3.42. The first-order valence-corrected chi connectivity index (χ1v) is 7.68. The maximum atomic E-state index is 12.0. The van der Waals surface area contributed by atoms with Crippen molar-refractivity contribution < 1.29 is 9.59 Å². The van der Waals surface area contributed by atoms with Gasteiger partial charge in [-0.2, -0.15) is 4.80 Å². The molecular weight excluding hydrogens is 284 g/mol. The van der Waals surface area contributed by atoms with Crippen LogP contribution < -0.4 is 5.32 Å². The molecule has 1 atom stereocenters. The Hall–Kier alpha value is -1.99. The van der Waals surface area contributed by atoms with Crippen molar-refractivity contribution in [3.05, 3.63) is 6.33 Å². The van der Waals surface area contributed by atoms with Crippen LogP contribution in [-0.4, -0.2) is 56.6 Å². The molecule has 0 aliphatic carbocycles. The third kappa shape index (κ3) is 6.19. The molecule has 22 heavy (non-hydrogen) atoms. The highest BCUT2D eigenvalue weighted by Gasteiger charge is 2.18. The largest absolute Gasteiger partial charge is 0.351 e. The van der Waals surface area contributed by atoms with Crippen LogP contribution in [0.2, 0.25) is 0 Å². The fraction of sp³-hybridized carbons (Fsp3) is 0.786. The molecule has 0 aliphatic heterocycles. The van der Waals surface area contributed by atoms with Crippen LogP contribution in [0.4, 0.5) is 0 Å². The Bertz CT molecular complexity index is 460. The van der Waals surface area contributed by atoms with E-state index in [-0.39, 0.29) is 30.3 Å². The number of carbonyl (C=O) groups excluding carboxylic acids is 2. The monoisotopic (exact) mass is 310 g/mol. The molecule has 1 heterocycles. The molecule has 1 aromatic heterocycles. The molecule has 0 aromatic carbocycles. The summed E-state index contributed by atoms with van der Waals surface area (Å²) in [6.45, 7) is 6.76. The molecule has 0 radical (unpaired) electrons. The van der Waals surface area contributed by atoms with Gasteiger partial charge in [0.15, 0.2) is 6.33 Å². The van der Waals surface area contributed by atoms with E-state index in [2.05, 4.69) is 20.7 Å². The van der Waals surface area contributed by atoms with E-state index < -0.39 is 0 Å². The van der Waals surface area contributed by atoms with Crippen LogP contribution >= 0.6 is 0 Å². The van der Waals surface area contributed by atoms with E-state index in [1.807, 2.05) is 20.8 Å². The highest BCUT2D eigenvalue weighted by Crippen LogP contribution is 2.08. The number of rotatable bonds is 9. The maximum Gasteiger partial charge on any atom is 0.243 e. The molecular formula is C14H26N6O2. The smallest absolute Gasteiger partial charge is 0.243 e. The van der Waals surface area contributed by atoms with E-state index in [4.69, 9.17) is 0 Å². The van der Waals surface area contributed by atoms with E-state index in [0.717, 1.165) is 12.8 Å². The molecule has 1 aromatic rings. The van der Waals surface area contributed by atoms with Crippen LogP contribution in [0.25, 0.3) is 0 Å². The van der Waals surface area contributed by atoms with Gasteiger partial charge in [-0.3, -0.25) is 9.59 Å². The highest BCUT2D eigenvalue weighted by atomic mass is 16.2. The Morgan fingerprint density at radius 2 is 2.09 bits per heavy atom. The second kappa shape index (κ2) is 9.11. The quantitative estimate of drug-likeness (QED) is 0.715. The van der Waals surface area contributed by atoms with Crippen LogP contribution in [0.5, 0.6) is 0 Å². The standard InChI is InChI=1S/C14H26N6O2/c1-5-6-14(22)19(4)8-7-12(11(2)3)17-13(21)9-20-16-10-15-18-20/h10-12H,5-9H2,1-4H3,(H,17,21). The third-order valence-electron chi connectivity index (χ3n) is 3.49. The summed E-state index contributed by atoms with van der Waals surface area (Å²) in [7, 11) is 1.80. The van der Waals surface area contributed by atoms with Gasteiger partial charge in [0.25, 0.3) is 0 Å². The van der Waals surface area contributed by atoms with Crippen molar-refractivity contribution >= 4 is 11.8 Å². The first kappa shape index (κ1) is 18.1. The number of hydrogen-bond acceptors (Lipinski definition) is 5. The van der Waals surface area contributed by atoms with E-state index >= 15 is 0 Å². The molecule has 124 valence electrons. The zero-order valence-electron chi connectivity index (χ0n) is 13.8. The summed E-state index contributed by atoms with van der Waals surface area (Å²) >= 11 is 0. The number of nitrogens with zero attached hydrogens (tertiary/aromatic N) is 5. The Morgan fingerprint density at radius 3 is 2.64 bits per heavy atom. The van der Waals surface area contributed by atoms with Crippen molar-refractivity contribution in [3.8, 4) is 0 Å². The number of hydrogen-bond donors (Lipinski definition) is 1. The van der Waals surface area contributed by atoms with Crippen molar-refractivity contribution in [3.63, 3.8) is 0 Å². The van der Waals surface area contributed by atoms with Gasteiger partial charge in [0, 0.05) is 26.1 Å². The molecule has 8 heteroatoms. The molecule has 1 unspecified atom stereocenters. The number of nitrogens with one attached hydrogen (secondary N) is 1. The summed E-state index contributed by atoms with van der Waals surface area (Å²) in [6, 6.07) is 0.00731. The predicted molar refractivity (Wildman–Crippen MR) is 81.7 cm³/mol. The molecule has 1 rings (SSSR count). The van der Waals surface area contributed by atoms with Gasteiger partial charge in [0.05, 0.1) is 0 Å². The van der Waals surface area contributed by atoms with Gasteiger partial charge in [-0.25, -0.2) is 0 Å². The fourth-order valence-electron chi connectivity index (χ4n) is 2.08. The predicted octanol–water partition coefficient (Wildman–Crippen LogP) is 0.463. The summed E-state index contributed by atoms with van der Waals surface area (Å²) in [5, 5.41) is 14.0. The maximum absolute atomic E-state index is 12.0. The van der Waals surface area contributed by atoms with Gasteiger partial charge in [0.1, 0.15) is 6.54 Å². The van der Waals surface area contributed by atoms with Crippen molar-refractivity contribution in [1.82, 2.24) is 30.4 Å². The van der Waals surface area contributed by atoms with Crippen LogP contribution in [0.15, 0.2) is 6.33 Å². The van der Waals surface area contributed by atoms with Crippen LogP contribution in [0.3, 0.4) is 0 Å². The lowest BCUT2D eigenvalue weighted by atomic mass is 10.0. The first-order chi connectivity index (χ1) is 10.4. The van der Waals surface area contributed by atoms with E-state index in [1.54, 1.807) is 11.9 Å². The van der Waals surface area contributed by atoms with Crippen LogP contribution in [-0.2, 0) is 16.1 Å². The summed E-state index contributed by atoms with van der Waals surface area (Å²) in [5.74, 6) is 0.268. The van der Waals surface area contributed by atoms with Crippen molar-refractivity contribution in [2.24, 2.45) is 5.92 Å². The van der Waals surface area contributed by atoms with Gasteiger partial charge < -0.3 is 10.2 Å². The molecule has 1 N–H and O–H groups in total. The first-order valence-electron chi connectivity index (χ1n) is 7.68. The normalized spacial score (nSPS) is 12.2. The molecule has 0 spiro atoms. The van der Waals surface area contributed by atoms with Gasteiger partial charge in [-0.15, -0.1) is 10.2 Å². The Kier molecular flexibility index (Phi) is 7.48. The molecule has 8 nitrogen and oxygen atoms in total. The van der Waals surface area contributed by atoms with Crippen molar-refractivity contribution in [1.29, 1.82) is 0 Å². The van der Waals surface area contributed by atoms with Gasteiger partial charge in [-0.1, -0.05) is 20.8 Å². The zero-order chi connectivity index (χ0) is 16.5. The van der Waals surface area contributed by atoms with Crippen molar-refractivity contribution in [2.45, 2.75) is 52.6 Å². The second-order valence-corrected chi connectivity index (χ2v) is 5.74. The topological polar surface area (TPSA) is 93.0 Å². The third-order valence-corrected chi connectivity index (χ3v) is 3.49. The molecule has 0 bridgehead atoms. The molecule has 0 saturated carbocycles. The molecule has 0 aliphatic rings. The lowest BCUT2D eigenvalue weighted by Crippen LogP contribution is -2.43. The lowest BCUT2D eigenvalue weighted by molar-refractivity contribution is -0.130. The van der Waals surface area contributed by atoms with Crippen LogP contribution in [0, 0.1) is 5.92 Å². The average Bonchev–Trinajstić information content (AvgIpc) is 2.95. The van der Waals surface area contributed by atoms with E-state index in [9.17, 15) is 9.59 Å². The second-order valence-electron chi connectivity index (χ2n) is 5.74. The minimum Gasteiger partial charge on any atom is -0.351 e. The lowest BCUT2D eigenvalue weighted by Gasteiger charge is -2.25. The summed E-state index contributed by atoms with van der Waals surface area (Å²) in [4.78, 5) is 26.7. The fourth-order valence-corrected chi connectivity index (χ4v) is 2.08. The minimum atomic E-state index is -0.153. The summed E-state index contributed by atoms with van der Waals surface area (Å²) < 4.78 is 0.